The lowest BCUT2D eigenvalue weighted by Gasteiger charge is -2.21. The maximum atomic E-state index is 10.9. The molecule has 1 saturated heterocycles. The van der Waals surface area contributed by atoms with Crippen LogP contribution in [0.5, 0.6) is 0 Å². The summed E-state index contributed by atoms with van der Waals surface area (Å²) in [6.45, 7) is 4.71. The van der Waals surface area contributed by atoms with Crippen LogP contribution < -0.4 is 0 Å². The van der Waals surface area contributed by atoms with Gasteiger partial charge in [0.1, 0.15) is 0 Å². The van der Waals surface area contributed by atoms with Crippen molar-refractivity contribution in [3.05, 3.63) is 35.4 Å². The lowest BCUT2D eigenvalue weighted by atomic mass is 9.97. The molecule has 1 aliphatic heterocycles. The summed E-state index contributed by atoms with van der Waals surface area (Å²) in [6, 6.07) is 6.39. The Morgan fingerprint density at radius 3 is 2.52 bits per heavy atom. The van der Waals surface area contributed by atoms with Crippen molar-refractivity contribution in [1.29, 1.82) is 0 Å². The minimum atomic E-state index is -4.18. The van der Waals surface area contributed by atoms with Crippen LogP contribution in [0.3, 0.4) is 0 Å². The quantitative estimate of drug-likeness (QED) is 0.654. The molecule has 1 aromatic carbocycles. The van der Waals surface area contributed by atoms with Gasteiger partial charge in [0.2, 0.25) is 0 Å². The lowest BCUT2D eigenvalue weighted by molar-refractivity contribution is -0.138. The van der Waals surface area contributed by atoms with Gasteiger partial charge >= 0.3 is 13.6 Å². The zero-order chi connectivity index (χ0) is 18.9. The zero-order valence-electron chi connectivity index (χ0n) is 14.9. The van der Waals surface area contributed by atoms with E-state index in [0.29, 0.717) is 17.2 Å². The summed E-state index contributed by atoms with van der Waals surface area (Å²) < 4.78 is 16.4. The third kappa shape index (κ3) is 8.63. The van der Waals surface area contributed by atoms with E-state index in [-0.39, 0.29) is 0 Å². The van der Waals surface area contributed by atoms with Crippen LogP contribution in [0.15, 0.2) is 24.3 Å². The number of ether oxygens (including phenoxy) is 1. The summed E-state index contributed by atoms with van der Waals surface area (Å²) in [5.41, 5.74) is 0.823. The maximum Gasteiger partial charge on any atom is 0.329 e. The second-order valence-corrected chi connectivity index (χ2v) is 8.00. The van der Waals surface area contributed by atoms with Gasteiger partial charge in [-0.05, 0) is 43.7 Å². The van der Waals surface area contributed by atoms with Crippen LogP contribution in [0.4, 0.5) is 0 Å². The van der Waals surface area contributed by atoms with Gasteiger partial charge in [-0.25, -0.2) is 0 Å². The van der Waals surface area contributed by atoms with E-state index in [1.165, 1.54) is 45.1 Å². The average Bonchev–Trinajstić information content (AvgIpc) is 2.55. The second-order valence-electron chi connectivity index (χ2n) is 6.36. The molecular weight excluding hydrogens is 343 g/mol. The molecule has 1 heterocycles. The van der Waals surface area contributed by atoms with Crippen LogP contribution in [0.25, 0.3) is 0 Å². The molecule has 25 heavy (non-hydrogen) atoms. The zero-order valence-corrected chi connectivity index (χ0v) is 15.8. The standard InChI is InChI=1S/C10H13O5P.C8H16O/c1-7(10(11)12)9-5-3-2-4-8(9)6-16(13,14)15;1-2-5-8-6-3-4-7-9-8/h2-5,7H,6H2,1H3,(H,11,12)(H2,13,14,15);8H,2-7H2,1H3. The van der Waals surface area contributed by atoms with Crippen molar-refractivity contribution in [2.24, 2.45) is 0 Å². The second kappa shape index (κ2) is 10.7. The van der Waals surface area contributed by atoms with E-state index in [9.17, 15) is 9.36 Å². The summed E-state index contributed by atoms with van der Waals surface area (Å²) in [5.74, 6) is -1.79. The van der Waals surface area contributed by atoms with Gasteiger partial charge in [0.15, 0.2) is 0 Å². The van der Waals surface area contributed by atoms with Crippen molar-refractivity contribution in [2.45, 2.75) is 64.1 Å². The SMILES string of the molecule is CC(C(=O)O)c1ccccc1CP(=O)(O)O.CCCC1CCCCO1. The Kier molecular flexibility index (Phi) is 9.36. The van der Waals surface area contributed by atoms with Gasteiger partial charge in [0.25, 0.3) is 0 Å². The highest BCUT2D eigenvalue weighted by molar-refractivity contribution is 7.50. The smallest absolute Gasteiger partial charge is 0.329 e. The van der Waals surface area contributed by atoms with Gasteiger partial charge < -0.3 is 19.6 Å². The summed E-state index contributed by atoms with van der Waals surface area (Å²) in [4.78, 5) is 28.6. The number of hydrogen-bond acceptors (Lipinski definition) is 3. The van der Waals surface area contributed by atoms with Crippen molar-refractivity contribution in [3.63, 3.8) is 0 Å². The molecule has 1 aromatic rings. The predicted molar refractivity (Wildman–Crippen MR) is 96.7 cm³/mol. The number of carbonyl (C=O) groups is 1. The Labute approximate surface area is 149 Å². The fourth-order valence-electron chi connectivity index (χ4n) is 2.81. The fourth-order valence-corrected chi connectivity index (χ4v) is 3.54. The Morgan fingerprint density at radius 2 is 2.00 bits per heavy atom. The van der Waals surface area contributed by atoms with E-state index < -0.39 is 25.6 Å². The van der Waals surface area contributed by atoms with Crippen molar-refractivity contribution >= 4 is 13.6 Å². The van der Waals surface area contributed by atoms with E-state index in [1.807, 2.05) is 0 Å². The first-order chi connectivity index (χ1) is 11.7. The van der Waals surface area contributed by atoms with E-state index >= 15 is 0 Å². The Balaban J connectivity index is 0.000000293. The first-order valence-electron chi connectivity index (χ1n) is 8.71. The van der Waals surface area contributed by atoms with E-state index in [2.05, 4.69) is 6.92 Å². The van der Waals surface area contributed by atoms with Gasteiger partial charge in [0.05, 0.1) is 18.2 Å². The topological polar surface area (TPSA) is 104 Å². The molecule has 0 saturated carbocycles. The Bertz CT molecular complexity index is 574. The molecule has 3 N–H and O–H groups in total. The highest BCUT2D eigenvalue weighted by Gasteiger charge is 2.21. The maximum absolute atomic E-state index is 10.9. The van der Waals surface area contributed by atoms with Crippen LogP contribution in [0.1, 0.15) is 63.0 Å². The molecule has 0 bridgehead atoms. The summed E-state index contributed by atoms with van der Waals surface area (Å²) >= 11 is 0. The fraction of sp³-hybridized carbons (Fsp3) is 0.611. The number of carboxylic acid groups (broad SMARTS) is 1. The molecule has 6 nitrogen and oxygen atoms in total. The number of benzene rings is 1. The molecule has 1 aliphatic rings. The van der Waals surface area contributed by atoms with Gasteiger partial charge in [-0.1, -0.05) is 37.6 Å². The van der Waals surface area contributed by atoms with Crippen molar-refractivity contribution < 1.29 is 29.0 Å². The van der Waals surface area contributed by atoms with Crippen LogP contribution >= 0.6 is 7.60 Å². The molecule has 142 valence electrons. The number of rotatable bonds is 6. The van der Waals surface area contributed by atoms with Gasteiger partial charge in [0, 0.05) is 6.61 Å². The number of aliphatic carboxylic acids is 1. The summed E-state index contributed by atoms with van der Waals surface area (Å²) in [5, 5.41) is 8.86. The highest BCUT2D eigenvalue weighted by Crippen LogP contribution is 2.40. The number of carboxylic acids is 1. The number of hydrogen-bond donors (Lipinski definition) is 3. The van der Waals surface area contributed by atoms with Crippen molar-refractivity contribution in [2.75, 3.05) is 6.61 Å². The van der Waals surface area contributed by atoms with Crippen LogP contribution in [0, 0.1) is 0 Å². The van der Waals surface area contributed by atoms with Gasteiger partial charge in [-0.3, -0.25) is 9.36 Å². The van der Waals surface area contributed by atoms with Crippen LogP contribution in [-0.4, -0.2) is 33.6 Å². The molecule has 0 amide bonds. The minimum absolute atomic E-state index is 0.380. The van der Waals surface area contributed by atoms with E-state index in [1.54, 1.807) is 18.2 Å². The molecular formula is C18H29O6P. The molecule has 7 heteroatoms. The summed E-state index contributed by atoms with van der Waals surface area (Å²) in [6.07, 6.45) is 6.66. The molecule has 0 aromatic heterocycles. The first kappa shape index (κ1) is 21.8. The molecule has 0 aliphatic carbocycles. The third-order valence-electron chi connectivity index (χ3n) is 4.15. The largest absolute Gasteiger partial charge is 0.481 e. The monoisotopic (exact) mass is 372 g/mol. The van der Waals surface area contributed by atoms with E-state index in [0.717, 1.165) is 6.61 Å². The van der Waals surface area contributed by atoms with Gasteiger partial charge in [-0.15, -0.1) is 0 Å². The van der Waals surface area contributed by atoms with Crippen LogP contribution in [-0.2, 0) is 20.3 Å². The first-order valence-corrected chi connectivity index (χ1v) is 10.5. The van der Waals surface area contributed by atoms with Gasteiger partial charge in [-0.2, -0.15) is 0 Å². The molecule has 0 spiro atoms. The average molecular weight is 372 g/mol. The molecule has 0 radical (unpaired) electrons. The predicted octanol–water partition coefficient (Wildman–Crippen LogP) is 3.91. The van der Waals surface area contributed by atoms with Crippen molar-refractivity contribution in [1.82, 2.24) is 0 Å². The van der Waals surface area contributed by atoms with Crippen LogP contribution in [0.2, 0.25) is 0 Å². The minimum Gasteiger partial charge on any atom is -0.481 e. The third-order valence-corrected chi connectivity index (χ3v) is 4.91. The normalized spacial score (nSPS) is 18.8. The molecule has 2 unspecified atom stereocenters. The van der Waals surface area contributed by atoms with E-state index in [4.69, 9.17) is 19.6 Å². The molecule has 2 atom stereocenters. The molecule has 1 fully saturated rings. The van der Waals surface area contributed by atoms with Crippen molar-refractivity contribution in [3.8, 4) is 0 Å². The molecule has 2 rings (SSSR count). The lowest BCUT2D eigenvalue weighted by Crippen LogP contribution is -2.18. The highest BCUT2D eigenvalue weighted by atomic mass is 31.2. The Hall–Kier alpha value is -1.20. The Morgan fingerprint density at radius 1 is 1.32 bits per heavy atom. The summed E-state index contributed by atoms with van der Waals surface area (Å²) in [7, 11) is -4.18.